The van der Waals surface area contributed by atoms with Gasteiger partial charge in [0, 0.05) is 51.8 Å². The van der Waals surface area contributed by atoms with Crippen molar-refractivity contribution >= 4 is 64.3 Å². The van der Waals surface area contributed by atoms with E-state index < -0.39 is 47.2 Å². The fourth-order valence-electron chi connectivity index (χ4n) is 8.15. The van der Waals surface area contributed by atoms with Crippen LogP contribution < -0.4 is 33.2 Å². The van der Waals surface area contributed by atoms with Gasteiger partial charge in [0.1, 0.15) is 17.6 Å². The fourth-order valence-corrected chi connectivity index (χ4v) is 8.15. The number of carbonyl (C=O) groups is 8. The Labute approximate surface area is 344 Å². The highest BCUT2D eigenvalue weighted by atomic mass is 16.2. The summed E-state index contributed by atoms with van der Waals surface area (Å²) in [6.45, 7) is 13.1. The molecule has 0 aromatic heterocycles. The molecule has 0 bridgehead atoms. The maximum atomic E-state index is 12.6. The lowest BCUT2D eigenvalue weighted by Gasteiger charge is -2.39. The van der Waals surface area contributed by atoms with Gasteiger partial charge in [0.15, 0.2) is 0 Å². The molecule has 3 aromatic carbocycles. The molecule has 6 heterocycles. The van der Waals surface area contributed by atoms with Crippen molar-refractivity contribution in [3.05, 3.63) is 125 Å². The Kier molecular flexibility index (Phi) is 10.4. The molecular formula is C43H43N9O8. The number of hydrogen-bond acceptors (Lipinski definition) is 11. The van der Waals surface area contributed by atoms with Crippen LogP contribution in [0.4, 0.5) is 17.1 Å². The zero-order chi connectivity index (χ0) is 43.4. The number of rotatable bonds is 3. The van der Waals surface area contributed by atoms with E-state index in [2.05, 4.69) is 35.7 Å². The molecular weight excluding hydrogens is 771 g/mol. The van der Waals surface area contributed by atoms with E-state index in [1.807, 2.05) is 0 Å². The first kappa shape index (κ1) is 40.6. The van der Waals surface area contributed by atoms with E-state index in [9.17, 15) is 38.4 Å². The van der Waals surface area contributed by atoms with Gasteiger partial charge >= 0.3 is 0 Å². The van der Waals surface area contributed by atoms with Crippen molar-refractivity contribution in [2.24, 2.45) is 0 Å². The van der Waals surface area contributed by atoms with Crippen molar-refractivity contribution in [3.63, 3.8) is 0 Å². The Morgan fingerprint density at radius 1 is 0.583 bits per heavy atom. The first-order valence-corrected chi connectivity index (χ1v) is 19.1. The molecule has 308 valence electrons. The number of nitrogens with one attached hydrogen (secondary N) is 3. The average Bonchev–Trinajstić information content (AvgIpc) is 3.77. The van der Waals surface area contributed by atoms with E-state index in [0.717, 1.165) is 15.4 Å². The molecule has 3 atom stereocenters. The van der Waals surface area contributed by atoms with Gasteiger partial charge in [-0.1, -0.05) is 37.9 Å². The number of imide groups is 2. The number of amides is 8. The number of piperidine rings is 3. The van der Waals surface area contributed by atoms with Crippen molar-refractivity contribution in [2.75, 3.05) is 17.2 Å². The second-order valence-electron chi connectivity index (χ2n) is 15.4. The smallest absolute Gasteiger partial charge is 0.264 e. The Morgan fingerprint density at radius 2 is 1.08 bits per heavy atom. The minimum atomic E-state index is -1.22. The molecule has 17 heteroatoms. The standard InChI is InChI=1S/C15H15N3O3.C14H13N3O3.C14H15N3O2/c1-8-6-7-15(2,14(21)17-8)18-12(19)9-4-3-5-10(16)11(9)13(18)20;1-7-5-6-10(12(18)16-7)17-13(19)8-3-2-4-9(15)11(8)14(17)20;1-8-5-6-12(13(18)16-8)17-7-10-9(14(17)19)3-2-4-11(10)15/h3-5H,1,6-7,16H2,2H3,(H,17,21);2-4,10H,1,5-6,15H2,(H,16,18);2-4,12H,1,5-7,15H2,(H,16,18). The number of nitrogens with zero attached hydrogens (tertiary/aromatic N) is 3. The molecule has 3 aromatic rings. The van der Waals surface area contributed by atoms with Crippen molar-refractivity contribution in [1.29, 1.82) is 0 Å². The van der Waals surface area contributed by atoms with E-state index in [-0.39, 0.29) is 51.4 Å². The highest BCUT2D eigenvalue weighted by Crippen LogP contribution is 2.37. The fraction of sp³-hybridized carbons (Fsp3) is 0.256. The number of benzene rings is 3. The first-order chi connectivity index (χ1) is 28.4. The number of allylic oxidation sites excluding steroid dienone is 3. The molecule has 0 radical (unpaired) electrons. The van der Waals surface area contributed by atoms with Gasteiger partial charge in [-0.3, -0.25) is 48.2 Å². The van der Waals surface area contributed by atoms with Crippen LogP contribution in [0.1, 0.15) is 103 Å². The topological polar surface area (TPSA) is 260 Å². The molecule has 8 amide bonds. The summed E-state index contributed by atoms with van der Waals surface area (Å²) in [5, 5.41) is 7.91. The van der Waals surface area contributed by atoms with Crippen LogP contribution in [0.2, 0.25) is 0 Å². The van der Waals surface area contributed by atoms with Crippen LogP contribution in [0.15, 0.2) is 91.4 Å². The molecule has 0 spiro atoms. The monoisotopic (exact) mass is 813 g/mol. The molecule has 3 unspecified atom stereocenters. The minimum absolute atomic E-state index is 0.116. The minimum Gasteiger partial charge on any atom is -0.398 e. The average molecular weight is 814 g/mol. The molecule has 9 N–H and O–H groups in total. The summed E-state index contributed by atoms with van der Waals surface area (Å²) in [5.74, 6) is -3.02. The summed E-state index contributed by atoms with van der Waals surface area (Å²) in [7, 11) is 0. The van der Waals surface area contributed by atoms with Gasteiger partial charge in [-0.25, -0.2) is 0 Å². The van der Waals surface area contributed by atoms with Gasteiger partial charge in [0.2, 0.25) is 17.7 Å². The first-order valence-electron chi connectivity index (χ1n) is 19.1. The summed E-state index contributed by atoms with van der Waals surface area (Å²) >= 11 is 0. The highest BCUT2D eigenvalue weighted by Gasteiger charge is 2.52. The van der Waals surface area contributed by atoms with Crippen LogP contribution in [-0.2, 0) is 20.9 Å². The zero-order valence-corrected chi connectivity index (χ0v) is 32.8. The summed E-state index contributed by atoms with van der Waals surface area (Å²) in [6.07, 6.45) is 3.11. The lowest BCUT2D eigenvalue weighted by atomic mass is 9.88. The maximum Gasteiger partial charge on any atom is 0.264 e. The molecule has 9 rings (SSSR count). The lowest BCUT2D eigenvalue weighted by molar-refractivity contribution is -0.131. The van der Waals surface area contributed by atoms with Crippen LogP contribution in [0, 0.1) is 0 Å². The predicted molar refractivity (Wildman–Crippen MR) is 219 cm³/mol. The molecule has 0 aliphatic carbocycles. The van der Waals surface area contributed by atoms with Crippen LogP contribution in [0.5, 0.6) is 0 Å². The van der Waals surface area contributed by atoms with Gasteiger partial charge in [0.05, 0.1) is 22.3 Å². The molecule has 0 saturated carbocycles. The lowest BCUT2D eigenvalue weighted by Crippen LogP contribution is -2.60. The Bertz CT molecular complexity index is 2510. The van der Waals surface area contributed by atoms with Crippen LogP contribution in [0.25, 0.3) is 0 Å². The summed E-state index contributed by atoms with van der Waals surface area (Å²) in [4.78, 5) is 102. The van der Waals surface area contributed by atoms with E-state index >= 15 is 0 Å². The maximum absolute atomic E-state index is 12.6. The summed E-state index contributed by atoms with van der Waals surface area (Å²) in [6, 6.07) is 13.5. The third-order valence-electron chi connectivity index (χ3n) is 11.5. The number of nitrogen functional groups attached to an aromatic ring is 3. The number of hydrogen-bond donors (Lipinski definition) is 6. The molecule has 6 aliphatic rings. The largest absolute Gasteiger partial charge is 0.398 e. The Hall–Kier alpha value is -7.56. The van der Waals surface area contributed by atoms with E-state index in [1.54, 1.807) is 66.4 Å². The van der Waals surface area contributed by atoms with E-state index in [0.29, 0.717) is 73.4 Å². The molecule has 17 nitrogen and oxygen atoms in total. The molecule has 6 aliphatic heterocycles. The van der Waals surface area contributed by atoms with Crippen LogP contribution in [0.3, 0.4) is 0 Å². The van der Waals surface area contributed by atoms with Crippen molar-refractivity contribution in [2.45, 2.75) is 69.6 Å². The van der Waals surface area contributed by atoms with Crippen molar-refractivity contribution in [3.8, 4) is 0 Å². The van der Waals surface area contributed by atoms with Crippen molar-refractivity contribution < 1.29 is 38.4 Å². The highest BCUT2D eigenvalue weighted by molar-refractivity contribution is 6.26. The van der Waals surface area contributed by atoms with Gasteiger partial charge in [-0.05, 0) is 81.8 Å². The Morgan fingerprint density at radius 3 is 1.60 bits per heavy atom. The number of carbonyl (C=O) groups excluding carboxylic acids is 8. The van der Waals surface area contributed by atoms with Crippen LogP contribution in [-0.4, -0.2) is 79.6 Å². The number of fused-ring (bicyclic) bond motifs is 3. The third kappa shape index (κ3) is 6.82. The zero-order valence-electron chi connectivity index (χ0n) is 32.8. The Balaban J connectivity index is 0.000000136. The molecule has 3 fully saturated rings. The second kappa shape index (κ2) is 15.3. The quantitative estimate of drug-likeness (QED) is 0.166. The van der Waals surface area contributed by atoms with Gasteiger partial charge in [-0.2, -0.15) is 0 Å². The van der Waals surface area contributed by atoms with Gasteiger partial charge in [0.25, 0.3) is 29.5 Å². The number of anilines is 3. The summed E-state index contributed by atoms with van der Waals surface area (Å²) < 4.78 is 0. The SMILES string of the molecule is C=C1CCC(C)(N2C(=O)c3cccc(N)c3C2=O)C(=O)N1.C=C1CCC(N2C(=O)c3cccc(N)c3C2=O)C(=O)N1.C=C1CCC(N2Cc3c(N)cccc3C2=O)C(=O)N1. The normalized spacial score (nSPS) is 23.2. The van der Waals surface area contributed by atoms with Crippen LogP contribution >= 0.6 is 0 Å². The predicted octanol–water partition coefficient (Wildman–Crippen LogP) is 2.72. The third-order valence-corrected chi connectivity index (χ3v) is 11.5. The van der Waals surface area contributed by atoms with Gasteiger partial charge in [-0.15, -0.1) is 0 Å². The van der Waals surface area contributed by atoms with Crippen molar-refractivity contribution in [1.82, 2.24) is 30.7 Å². The van der Waals surface area contributed by atoms with E-state index in [1.165, 1.54) is 0 Å². The molecule has 60 heavy (non-hydrogen) atoms. The number of nitrogens with two attached hydrogens (primary N) is 3. The van der Waals surface area contributed by atoms with E-state index in [4.69, 9.17) is 17.2 Å². The van der Waals surface area contributed by atoms with Gasteiger partial charge < -0.3 is 38.1 Å². The summed E-state index contributed by atoms with van der Waals surface area (Å²) in [5.41, 5.74) is 21.5. The second-order valence-corrected chi connectivity index (χ2v) is 15.4. The molecule has 3 saturated heterocycles.